The van der Waals surface area contributed by atoms with E-state index in [1.807, 2.05) is 23.6 Å². The van der Waals surface area contributed by atoms with Gasteiger partial charge in [-0.1, -0.05) is 36.4 Å². The van der Waals surface area contributed by atoms with Crippen LogP contribution in [-0.2, 0) is 6.54 Å². The number of nitrogens with zero attached hydrogens (tertiary/aromatic N) is 1. The smallest absolute Gasteiger partial charge is 0.172 e. The molecule has 0 aliphatic carbocycles. The van der Waals surface area contributed by atoms with E-state index >= 15 is 0 Å². The summed E-state index contributed by atoms with van der Waals surface area (Å²) in [5, 5.41) is 1.96. The second-order valence-electron chi connectivity index (χ2n) is 5.55. The van der Waals surface area contributed by atoms with E-state index in [0.717, 1.165) is 24.4 Å². The first kappa shape index (κ1) is 15.9. The SMILES string of the molecule is CC(C)N(CCCC(=O)c1cccs1)Cc1ccccc1. The summed E-state index contributed by atoms with van der Waals surface area (Å²) in [6, 6.07) is 14.9. The third-order valence-electron chi connectivity index (χ3n) is 3.60. The Morgan fingerprint density at radius 2 is 1.90 bits per heavy atom. The van der Waals surface area contributed by atoms with Gasteiger partial charge in [-0.05, 0) is 43.8 Å². The third kappa shape index (κ3) is 5.10. The number of carbonyl (C=O) groups excluding carboxylic acids is 1. The average Bonchev–Trinajstić information content (AvgIpc) is 3.01. The zero-order chi connectivity index (χ0) is 15.1. The van der Waals surface area contributed by atoms with Crippen LogP contribution < -0.4 is 0 Å². The molecule has 2 nitrogen and oxygen atoms in total. The molecular weight excluding hydrogens is 278 g/mol. The molecule has 0 radical (unpaired) electrons. The largest absolute Gasteiger partial charge is 0.297 e. The maximum atomic E-state index is 12.0. The van der Waals surface area contributed by atoms with Crippen molar-refractivity contribution >= 4 is 17.1 Å². The molecular formula is C18H23NOS. The Morgan fingerprint density at radius 1 is 1.14 bits per heavy atom. The molecule has 0 N–H and O–H groups in total. The minimum Gasteiger partial charge on any atom is -0.297 e. The van der Waals surface area contributed by atoms with Crippen LogP contribution in [0.3, 0.4) is 0 Å². The van der Waals surface area contributed by atoms with Crippen LogP contribution in [0.15, 0.2) is 47.8 Å². The molecule has 0 bridgehead atoms. The number of carbonyl (C=O) groups is 1. The standard InChI is InChI=1S/C18H23NOS/c1-15(2)19(14-16-8-4-3-5-9-16)12-6-10-17(20)18-11-7-13-21-18/h3-5,7-9,11,13,15H,6,10,12,14H2,1-2H3. The van der Waals surface area contributed by atoms with Crippen LogP contribution in [0.1, 0.15) is 41.9 Å². The molecule has 0 saturated heterocycles. The number of benzene rings is 1. The van der Waals surface area contributed by atoms with Crippen molar-refractivity contribution in [3.8, 4) is 0 Å². The van der Waals surface area contributed by atoms with Crippen molar-refractivity contribution in [2.24, 2.45) is 0 Å². The summed E-state index contributed by atoms with van der Waals surface area (Å²) >= 11 is 1.54. The van der Waals surface area contributed by atoms with Gasteiger partial charge in [0, 0.05) is 19.0 Å². The lowest BCUT2D eigenvalue weighted by atomic mass is 10.1. The number of ketones is 1. The fraction of sp³-hybridized carbons (Fsp3) is 0.389. The zero-order valence-electron chi connectivity index (χ0n) is 12.8. The summed E-state index contributed by atoms with van der Waals surface area (Å²) in [5.74, 6) is 0.272. The molecule has 2 aromatic rings. The number of Topliss-reactive ketones (excluding diaryl/α,β-unsaturated/α-hetero) is 1. The Morgan fingerprint density at radius 3 is 2.52 bits per heavy atom. The Bertz CT molecular complexity index is 534. The van der Waals surface area contributed by atoms with Crippen LogP contribution in [0.2, 0.25) is 0 Å². The minimum absolute atomic E-state index is 0.272. The van der Waals surface area contributed by atoms with E-state index in [-0.39, 0.29) is 5.78 Å². The maximum Gasteiger partial charge on any atom is 0.172 e. The predicted octanol–water partition coefficient (Wildman–Crippen LogP) is 4.62. The second kappa shape index (κ2) is 8.11. The Labute approximate surface area is 131 Å². The van der Waals surface area contributed by atoms with Crippen LogP contribution in [0.4, 0.5) is 0 Å². The van der Waals surface area contributed by atoms with Crippen molar-refractivity contribution in [2.45, 2.75) is 39.3 Å². The molecule has 112 valence electrons. The third-order valence-corrected chi connectivity index (χ3v) is 4.51. The van der Waals surface area contributed by atoms with Gasteiger partial charge in [-0.15, -0.1) is 11.3 Å². The summed E-state index contributed by atoms with van der Waals surface area (Å²) in [7, 11) is 0. The van der Waals surface area contributed by atoms with E-state index in [1.165, 1.54) is 16.9 Å². The van der Waals surface area contributed by atoms with Gasteiger partial charge in [0.2, 0.25) is 0 Å². The van der Waals surface area contributed by atoms with Crippen molar-refractivity contribution in [3.05, 3.63) is 58.3 Å². The van der Waals surface area contributed by atoms with Crippen LogP contribution in [0, 0.1) is 0 Å². The molecule has 0 aliphatic rings. The van der Waals surface area contributed by atoms with Gasteiger partial charge in [0.25, 0.3) is 0 Å². The van der Waals surface area contributed by atoms with E-state index in [0.29, 0.717) is 12.5 Å². The number of hydrogen-bond donors (Lipinski definition) is 0. The summed E-state index contributed by atoms with van der Waals surface area (Å²) in [4.78, 5) is 15.3. The van der Waals surface area contributed by atoms with Crippen LogP contribution in [0.5, 0.6) is 0 Å². The first-order chi connectivity index (χ1) is 10.2. The Kier molecular flexibility index (Phi) is 6.15. The maximum absolute atomic E-state index is 12.0. The van der Waals surface area contributed by atoms with Gasteiger partial charge in [-0.2, -0.15) is 0 Å². The van der Waals surface area contributed by atoms with Crippen LogP contribution in [-0.4, -0.2) is 23.3 Å². The topological polar surface area (TPSA) is 20.3 Å². The average molecular weight is 301 g/mol. The van der Waals surface area contributed by atoms with Gasteiger partial charge < -0.3 is 0 Å². The molecule has 1 aromatic carbocycles. The fourth-order valence-corrected chi connectivity index (χ4v) is 3.04. The number of hydrogen-bond acceptors (Lipinski definition) is 3. The normalized spacial score (nSPS) is 11.2. The van der Waals surface area contributed by atoms with Gasteiger partial charge in [0.1, 0.15) is 0 Å². The quantitative estimate of drug-likeness (QED) is 0.663. The number of rotatable bonds is 8. The molecule has 0 amide bonds. The molecule has 2 rings (SSSR count). The Hall–Kier alpha value is -1.45. The lowest BCUT2D eigenvalue weighted by Crippen LogP contribution is -2.31. The second-order valence-corrected chi connectivity index (χ2v) is 6.50. The van der Waals surface area contributed by atoms with E-state index in [2.05, 4.69) is 43.0 Å². The summed E-state index contributed by atoms with van der Waals surface area (Å²) in [6.45, 7) is 6.34. The van der Waals surface area contributed by atoms with Crippen LogP contribution >= 0.6 is 11.3 Å². The van der Waals surface area contributed by atoms with Gasteiger partial charge in [0.05, 0.1) is 4.88 Å². The molecule has 1 heterocycles. The van der Waals surface area contributed by atoms with Gasteiger partial charge >= 0.3 is 0 Å². The summed E-state index contributed by atoms with van der Waals surface area (Å²) < 4.78 is 0. The van der Waals surface area contributed by atoms with E-state index in [9.17, 15) is 4.79 Å². The molecule has 3 heteroatoms. The molecule has 0 aliphatic heterocycles. The molecule has 0 saturated carbocycles. The zero-order valence-corrected chi connectivity index (χ0v) is 13.6. The molecule has 0 unspecified atom stereocenters. The summed E-state index contributed by atoms with van der Waals surface area (Å²) in [6.07, 6.45) is 1.56. The van der Waals surface area contributed by atoms with E-state index in [4.69, 9.17) is 0 Å². The Balaban J connectivity index is 1.82. The van der Waals surface area contributed by atoms with Crippen LogP contribution in [0.25, 0.3) is 0 Å². The molecule has 21 heavy (non-hydrogen) atoms. The van der Waals surface area contributed by atoms with Crippen molar-refractivity contribution in [2.75, 3.05) is 6.54 Å². The number of thiophene rings is 1. The van der Waals surface area contributed by atoms with E-state index in [1.54, 1.807) is 0 Å². The lowest BCUT2D eigenvalue weighted by Gasteiger charge is -2.26. The van der Waals surface area contributed by atoms with Gasteiger partial charge in [-0.3, -0.25) is 9.69 Å². The molecule has 0 atom stereocenters. The van der Waals surface area contributed by atoms with Crippen molar-refractivity contribution in [1.29, 1.82) is 0 Å². The molecule has 0 spiro atoms. The van der Waals surface area contributed by atoms with E-state index < -0.39 is 0 Å². The summed E-state index contributed by atoms with van der Waals surface area (Å²) in [5.41, 5.74) is 1.33. The highest BCUT2D eigenvalue weighted by molar-refractivity contribution is 7.12. The predicted molar refractivity (Wildman–Crippen MR) is 89.9 cm³/mol. The highest BCUT2D eigenvalue weighted by Gasteiger charge is 2.12. The first-order valence-electron chi connectivity index (χ1n) is 7.51. The van der Waals surface area contributed by atoms with Crippen molar-refractivity contribution in [1.82, 2.24) is 4.90 Å². The molecule has 1 aromatic heterocycles. The fourth-order valence-electron chi connectivity index (χ4n) is 2.34. The van der Waals surface area contributed by atoms with Crippen molar-refractivity contribution < 1.29 is 4.79 Å². The highest BCUT2D eigenvalue weighted by Crippen LogP contribution is 2.14. The highest BCUT2D eigenvalue weighted by atomic mass is 32.1. The molecule has 0 fully saturated rings. The van der Waals surface area contributed by atoms with Gasteiger partial charge in [-0.25, -0.2) is 0 Å². The minimum atomic E-state index is 0.272. The van der Waals surface area contributed by atoms with Crippen molar-refractivity contribution in [3.63, 3.8) is 0 Å². The monoisotopic (exact) mass is 301 g/mol. The lowest BCUT2D eigenvalue weighted by molar-refractivity contribution is 0.0974. The van der Waals surface area contributed by atoms with Gasteiger partial charge in [0.15, 0.2) is 5.78 Å². The first-order valence-corrected chi connectivity index (χ1v) is 8.39.